The molecule has 0 aliphatic carbocycles. The van der Waals surface area contributed by atoms with E-state index < -0.39 is 0 Å². The predicted molar refractivity (Wildman–Crippen MR) is 73.6 cm³/mol. The van der Waals surface area contributed by atoms with Gasteiger partial charge in [0.25, 0.3) is 0 Å². The maximum atomic E-state index is 4.26. The number of benzene rings is 1. The Morgan fingerprint density at radius 2 is 1.94 bits per heavy atom. The zero-order valence-corrected chi connectivity index (χ0v) is 11.1. The van der Waals surface area contributed by atoms with Crippen molar-refractivity contribution in [1.82, 2.24) is 20.1 Å². The molecule has 0 bridgehead atoms. The van der Waals surface area contributed by atoms with Gasteiger partial charge in [-0.05, 0) is 25.6 Å². The van der Waals surface area contributed by atoms with Crippen LogP contribution in [0.1, 0.15) is 5.56 Å². The predicted octanol–water partition coefficient (Wildman–Crippen LogP) is 1.29. The molecule has 0 spiro atoms. The van der Waals surface area contributed by atoms with E-state index in [-0.39, 0.29) is 0 Å². The molecule has 1 aromatic carbocycles. The fraction of sp³-hybridized carbons (Fsp3) is 0.385. The summed E-state index contributed by atoms with van der Waals surface area (Å²) in [6, 6.07) is 8.32. The Kier molecular flexibility index (Phi) is 3.94. The summed E-state index contributed by atoms with van der Waals surface area (Å²) in [5.74, 6) is 1.67. The normalized spacial score (nSPS) is 10.6. The molecule has 0 saturated carbocycles. The lowest BCUT2D eigenvalue weighted by atomic mass is 10.0. The minimum atomic E-state index is 0.772. The van der Waals surface area contributed by atoms with E-state index in [9.17, 15) is 0 Å². The Hall–Kier alpha value is -1.88. The summed E-state index contributed by atoms with van der Waals surface area (Å²) < 4.78 is 1.97. The monoisotopic (exact) mass is 245 g/mol. The molecule has 1 heterocycles. The summed E-state index contributed by atoms with van der Waals surface area (Å²) in [6.45, 7) is 0.952. The zero-order chi connectivity index (χ0) is 13.0. The first-order valence-electron chi connectivity index (χ1n) is 6.08. The number of rotatable bonds is 5. The van der Waals surface area contributed by atoms with Crippen molar-refractivity contribution in [2.45, 2.75) is 6.42 Å². The molecule has 2 N–H and O–H groups in total. The lowest BCUT2D eigenvalue weighted by molar-refractivity contribution is 0.791. The van der Waals surface area contributed by atoms with E-state index in [1.165, 1.54) is 5.56 Å². The molecule has 2 rings (SSSR count). The second-order valence-corrected chi connectivity index (χ2v) is 4.17. The highest BCUT2D eigenvalue weighted by Gasteiger charge is 2.12. The highest BCUT2D eigenvalue weighted by molar-refractivity contribution is 5.62. The molecule has 1 aromatic heterocycles. The van der Waals surface area contributed by atoms with Gasteiger partial charge in [0.15, 0.2) is 5.82 Å². The van der Waals surface area contributed by atoms with Gasteiger partial charge in [0, 0.05) is 19.7 Å². The molecule has 0 fully saturated rings. The zero-order valence-electron chi connectivity index (χ0n) is 11.1. The van der Waals surface area contributed by atoms with Crippen molar-refractivity contribution in [2.75, 3.05) is 26.0 Å². The maximum absolute atomic E-state index is 4.26. The van der Waals surface area contributed by atoms with Crippen LogP contribution in [0, 0.1) is 0 Å². The first kappa shape index (κ1) is 12.6. The van der Waals surface area contributed by atoms with E-state index in [0.29, 0.717) is 0 Å². The van der Waals surface area contributed by atoms with E-state index in [2.05, 4.69) is 39.0 Å². The number of likely N-dealkylation sites (N-methyl/N-ethyl adjacent to an activating group) is 1. The van der Waals surface area contributed by atoms with Crippen molar-refractivity contribution in [3.8, 4) is 11.4 Å². The van der Waals surface area contributed by atoms with Gasteiger partial charge in [0.2, 0.25) is 5.95 Å². The number of aromatic nitrogens is 3. The molecule has 2 aromatic rings. The minimum Gasteiger partial charge on any atom is -0.357 e. The molecule has 0 aliphatic rings. The van der Waals surface area contributed by atoms with Gasteiger partial charge in [-0.25, -0.2) is 0 Å². The second kappa shape index (κ2) is 5.64. The van der Waals surface area contributed by atoms with Crippen LogP contribution in [0.4, 0.5) is 5.95 Å². The largest absolute Gasteiger partial charge is 0.357 e. The van der Waals surface area contributed by atoms with Crippen molar-refractivity contribution in [3.63, 3.8) is 0 Å². The number of anilines is 1. The molecule has 96 valence electrons. The van der Waals surface area contributed by atoms with Gasteiger partial charge in [-0.1, -0.05) is 24.3 Å². The third-order valence-corrected chi connectivity index (χ3v) is 3.00. The number of nitrogens with zero attached hydrogens (tertiary/aromatic N) is 3. The third-order valence-electron chi connectivity index (χ3n) is 3.00. The van der Waals surface area contributed by atoms with Crippen LogP contribution in [0.5, 0.6) is 0 Å². The summed E-state index contributed by atoms with van der Waals surface area (Å²) in [6.07, 6.45) is 0.981. The molecule has 0 radical (unpaired) electrons. The smallest absolute Gasteiger partial charge is 0.224 e. The Bertz CT molecular complexity index is 518. The van der Waals surface area contributed by atoms with Gasteiger partial charge in [-0.2, -0.15) is 0 Å². The van der Waals surface area contributed by atoms with Crippen molar-refractivity contribution >= 4 is 5.95 Å². The van der Waals surface area contributed by atoms with Gasteiger partial charge in [0.1, 0.15) is 0 Å². The summed E-state index contributed by atoms with van der Waals surface area (Å²) in [5.41, 5.74) is 2.43. The van der Waals surface area contributed by atoms with Gasteiger partial charge < -0.3 is 10.6 Å². The van der Waals surface area contributed by atoms with Gasteiger partial charge in [-0.15, -0.1) is 10.2 Å². The summed E-state index contributed by atoms with van der Waals surface area (Å²) in [4.78, 5) is 0. The van der Waals surface area contributed by atoms with Gasteiger partial charge in [0.05, 0.1) is 0 Å². The van der Waals surface area contributed by atoms with Crippen LogP contribution in [0.2, 0.25) is 0 Å². The summed E-state index contributed by atoms with van der Waals surface area (Å²) in [5, 5.41) is 14.6. The average molecular weight is 245 g/mol. The van der Waals surface area contributed by atoms with E-state index in [1.807, 2.05) is 31.8 Å². The molecule has 0 atom stereocenters. The second-order valence-electron chi connectivity index (χ2n) is 4.17. The van der Waals surface area contributed by atoms with E-state index in [4.69, 9.17) is 0 Å². The molecular formula is C13H19N5. The fourth-order valence-electron chi connectivity index (χ4n) is 2.00. The number of hydrogen-bond acceptors (Lipinski definition) is 4. The lowest BCUT2D eigenvalue weighted by Crippen LogP contribution is -2.11. The first-order valence-corrected chi connectivity index (χ1v) is 6.08. The fourth-order valence-corrected chi connectivity index (χ4v) is 2.00. The van der Waals surface area contributed by atoms with E-state index >= 15 is 0 Å². The van der Waals surface area contributed by atoms with Crippen LogP contribution in [0.3, 0.4) is 0 Å². The van der Waals surface area contributed by atoms with Crippen LogP contribution in [-0.4, -0.2) is 35.4 Å². The number of hydrogen-bond donors (Lipinski definition) is 2. The molecule has 0 aliphatic heterocycles. The Morgan fingerprint density at radius 3 is 2.61 bits per heavy atom. The summed E-state index contributed by atoms with van der Waals surface area (Å²) >= 11 is 0. The molecule has 0 amide bonds. The molecule has 5 nitrogen and oxygen atoms in total. The standard InChI is InChI=1S/C13H19N5/c1-14-9-8-10-6-4-5-7-11(10)12-16-17-13(15-2)18(12)3/h4-7,14H,8-9H2,1-3H3,(H,15,17). The van der Waals surface area contributed by atoms with E-state index in [1.54, 1.807) is 0 Å². The Morgan fingerprint density at radius 1 is 1.17 bits per heavy atom. The third kappa shape index (κ3) is 2.36. The molecule has 0 saturated heterocycles. The van der Waals surface area contributed by atoms with Crippen molar-refractivity contribution in [1.29, 1.82) is 0 Å². The molecule has 0 unspecified atom stereocenters. The van der Waals surface area contributed by atoms with Crippen LogP contribution in [-0.2, 0) is 13.5 Å². The van der Waals surface area contributed by atoms with Crippen LogP contribution in [0.15, 0.2) is 24.3 Å². The molecule has 5 heteroatoms. The van der Waals surface area contributed by atoms with Crippen LogP contribution >= 0.6 is 0 Å². The van der Waals surface area contributed by atoms with Crippen molar-refractivity contribution in [2.24, 2.45) is 7.05 Å². The molecular weight excluding hydrogens is 226 g/mol. The maximum Gasteiger partial charge on any atom is 0.224 e. The first-order chi connectivity index (χ1) is 8.77. The SMILES string of the molecule is CNCCc1ccccc1-c1nnc(NC)n1C. The van der Waals surface area contributed by atoms with E-state index in [0.717, 1.165) is 30.3 Å². The number of nitrogens with one attached hydrogen (secondary N) is 2. The topological polar surface area (TPSA) is 54.8 Å². The van der Waals surface area contributed by atoms with Crippen LogP contribution < -0.4 is 10.6 Å². The summed E-state index contributed by atoms with van der Waals surface area (Å²) in [7, 11) is 5.78. The lowest BCUT2D eigenvalue weighted by Gasteiger charge is -2.09. The van der Waals surface area contributed by atoms with Crippen molar-refractivity contribution in [3.05, 3.63) is 29.8 Å². The highest BCUT2D eigenvalue weighted by Crippen LogP contribution is 2.23. The van der Waals surface area contributed by atoms with Gasteiger partial charge >= 0.3 is 0 Å². The van der Waals surface area contributed by atoms with Crippen molar-refractivity contribution < 1.29 is 0 Å². The quantitative estimate of drug-likeness (QED) is 0.833. The Balaban J connectivity index is 2.40. The van der Waals surface area contributed by atoms with Crippen LogP contribution in [0.25, 0.3) is 11.4 Å². The molecule has 18 heavy (non-hydrogen) atoms. The minimum absolute atomic E-state index is 0.772. The highest BCUT2D eigenvalue weighted by atomic mass is 15.3. The van der Waals surface area contributed by atoms with Gasteiger partial charge in [-0.3, -0.25) is 4.57 Å². The average Bonchev–Trinajstić information content (AvgIpc) is 2.77. The Labute approximate surface area is 107 Å².